The molecule has 1 aromatic heterocycles. The van der Waals surface area contributed by atoms with Gasteiger partial charge < -0.3 is 9.42 Å². The lowest BCUT2D eigenvalue weighted by Crippen LogP contribution is -2.37. The summed E-state index contributed by atoms with van der Waals surface area (Å²) in [5, 5.41) is 4.10. The SMILES string of the molecule is Cc1ccc(S(=O)(=O)N2CCCN(C(=O)c3c(-c4ccccc4)noc3C)CC2)cc1. The summed E-state index contributed by atoms with van der Waals surface area (Å²) in [5.41, 5.74) is 2.75. The van der Waals surface area contributed by atoms with E-state index in [-0.39, 0.29) is 17.3 Å². The van der Waals surface area contributed by atoms with Gasteiger partial charge in [0.1, 0.15) is 17.0 Å². The molecule has 1 saturated heterocycles. The van der Waals surface area contributed by atoms with Crippen LogP contribution in [0, 0.1) is 13.8 Å². The number of benzene rings is 2. The van der Waals surface area contributed by atoms with Gasteiger partial charge in [0.05, 0.1) is 4.90 Å². The maximum Gasteiger partial charge on any atom is 0.259 e. The van der Waals surface area contributed by atoms with Crippen molar-refractivity contribution < 1.29 is 17.7 Å². The molecule has 2 heterocycles. The molecule has 1 amide bonds. The standard InChI is InChI=1S/C23H25N3O4S/c1-17-9-11-20(12-10-17)31(28,29)26-14-6-13-25(15-16-26)23(27)21-18(2)30-24-22(21)19-7-4-3-5-8-19/h3-5,7-12H,6,13-16H2,1-2H3. The normalized spacial score (nSPS) is 15.6. The first kappa shape index (κ1) is 21.3. The molecule has 1 aliphatic rings. The zero-order valence-corrected chi connectivity index (χ0v) is 18.4. The molecule has 0 radical (unpaired) electrons. The Hall–Kier alpha value is -2.97. The lowest BCUT2D eigenvalue weighted by atomic mass is 10.1. The molecule has 0 saturated carbocycles. The van der Waals surface area contributed by atoms with E-state index in [9.17, 15) is 13.2 Å². The van der Waals surface area contributed by atoms with Crippen molar-refractivity contribution in [1.29, 1.82) is 0 Å². The van der Waals surface area contributed by atoms with Gasteiger partial charge in [-0.3, -0.25) is 4.79 Å². The van der Waals surface area contributed by atoms with Gasteiger partial charge in [0.25, 0.3) is 5.91 Å². The minimum Gasteiger partial charge on any atom is -0.360 e. The van der Waals surface area contributed by atoms with Crippen LogP contribution in [0.4, 0.5) is 0 Å². The molecule has 0 unspecified atom stereocenters. The first-order valence-corrected chi connectivity index (χ1v) is 11.7. The smallest absolute Gasteiger partial charge is 0.259 e. The predicted octanol–water partition coefficient (Wildman–Crippen LogP) is 3.50. The number of carbonyl (C=O) groups excluding carboxylic acids is 1. The fourth-order valence-electron chi connectivity index (χ4n) is 3.77. The molecule has 0 bridgehead atoms. The molecule has 0 spiro atoms. The highest BCUT2D eigenvalue weighted by Gasteiger charge is 2.31. The van der Waals surface area contributed by atoms with Crippen LogP contribution in [0.25, 0.3) is 11.3 Å². The van der Waals surface area contributed by atoms with Crippen LogP contribution < -0.4 is 0 Å². The molecule has 1 fully saturated rings. The van der Waals surface area contributed by atoms with Crippen molar-refractivity contribution in [2.24, 2.45) is 0 Å². The molecule has 8 heteroatoms. The second-order valence-corrected chi connectivity index (χ2v) is 9.63. The Kier molecular flexibility index (Phi) is 5.93. The highest BCUT2D eigenvalue weighted by molar-refractivity contribution is 7.89. The van der Waals surface area contributed by atoms with Gasteiger partial charge in [-0.15, -0.1) is 0 Å². The Morgan fingerprint density at radius 2 is 1.65 bits per heavy atom. The van der Waals surface area contributed by atoms with Crippen LogP contribution in [0.15, 0.2) is 64.0 Å². The zero-order valence-electron chi connectivity index (χ0n) is 17.6. The van der Waals surface area contributed by atoms with Crippen LogP contribution in [-0.4, -0.2) is 54.9 Å². The molecule has 0 N–H and O–H groups in total. The van der Waals surface area contributed by atoms with Crippen LogP contribution in [0.1, 0.15) is 28.1 Å². The lowest BCUT2D eigenvalue weighted by molar-refractivity contribution is 0.0763. The van der Waals surface area contributed by atoms with Gasteiger partial charge in [0.15, 0.2) is 0 Å². The Morgan fingerprint density at radius 1 is 0.935 bits per heavy atom. The molecule has 7 nitrogen and oxygen atoms in total. The number of carbonyl (C=O) groups is 1. The summed E-state index contributed by atoms with van der Waals surface area (Å²) in [4.78, 5) is 15.3. The zero-order chi connectivity index (χ0) is 22.0. The number of nitrogens with zero attached hydrogens (tertiary/aromatic N) is 3. The second-order valence-electron chi connectivity index (χ2n) is 7.69. The van der Waals surface area contributed by atoms with E-state index in [1.54, 1.807) is 36.1 Å². The van der Waals surface area contributed by atoms with E-state index < -0.39 is 10.0 Å². The van der Waals surface area contributed by atoms with E-state index in [2.05, 4.69) is 5.16 Å². The molecule has 2 aromatic carbocycles. The number of rotatable bonds is 4. The largest absolute Gasteiger partial charge is 0.360 e. The van der Waals surface area contributed by atoms with Gasteiger partial charge in [0, 0.05) is 31.7 Å². The molecule has 4 rings (SSSR count). The summed E-state index contributed by atoms with van der Waals surface area (Å²) in [6, 6.07) is 16.3. The second kappa shape index (κ2) is 8.64. The monoisotopic (exact) mass is 439 g/mol. The highest BCUT2D eigenvalue weighted by Crippen LogP contribution is 2.27. The number of amides is 1. The van der Waals surface area contributed by atoms with E-state index in [1.165, 1.54) is 4.31 Å². The topological polar surface area (TPSA) is 83.7 Å². The third-order valence-corrected chi connectivity index (χ3v) is 7.44. The number of hydrogen-bond donors (Lipinski definition) is 0. The average molecular weight is 440 g/mol. The van der Waals surface area contributed by atoms with Gasteiger partial charge in [-0.2, -0.15) is 4.31 Å². The Morgan fingerprint density at radius 3 is 2.35 bits per heavy atom. The van der Waals surface area contributed by atoms with Gasteiger partial charge >= 0.3 is 0 Å². The summed E-state index contributed by atoms with van der Waals surface area (Å²) in [6.45, 7) is 5.03. The van der Waals surface area contributed by atoms with Crippen LogP contribution in [0.2, 0.25) is 0 Å². The molecule has 162 valence electrons. The molecule has 0 atom stereocenters. The molecule has 31 heavy (non-hydrogen) atoms. The predicted molar refractivity (Wildman–Crippen MR) is 117 cm³/mol. The van der Waals surface area contributed by atoms with Gasteiger partial charge in [0.2, 0.25) is 10.0 Å². The van der Waals surface area contributed by atoms with Gasteiger partial charge in [-0.05, 0) is 32.4 Å². The van der Waals surface area contributed by atoms with E-state index in [0.29, 0.717) is 43.1 Å². The fraction of sp³-hybridized carbons (Fsp3) is 0.304. The Labute approximate surface area is 182 Å². The summed E-state index contributed by atoms with van der Waals surface area (Å²) in [6.07, 6.45) is 0.557. The summed E-state index contributed by atoms with van der Waals surface area (Å²) in [5.74, 6) is 0.268. The summed E-state index contributed by atoms with van der Waals surface area (Å²) < 4.78 is 32.9. The van der Waals surface area contributed by atoms with Crippen molar-refractivity contribution >= 4 is 15.9 Å². The van der Waals surface area contributed by atoms with E-state index in [4.69, 9.17) is 4.52 Å². The minimum atomic E-state index is -3.60. The van der Waals surface area contributed by atoms with Crippen molar-refractivity contribution in [3.05, 3.63) is 71.5 Å². The summed E-state index contributed by atoms with van der Waals surface area (Å²) in [7, 11) is -3.60. The van der Waals surface area contributed by atoms with Crippen molar-refractivity contribution in [1.82, 2.24) is 14.4 Å². The third kappa shape index (κ3) is 4.26. The van der Waals surface area contributed by atoms with E-state index in [0.717, 1.165) is 11.1 Å². The molecular weight excluding hydrogens is 414 g/mol. The van der Waals surface area contributed by atoms with E-state index in [1.807, 2.05) is 37.3 Å². The van der Waals surface area contributed by atoms with Crippen molar-refractivity contribution in [3.63, 3.8) is 0 Å². The molecule has 3 aromatic rings. The van der Waals surface area contributed by atoms with Crippen molar-refractivity contribution in [2.75, 3.05) is 26.2 Å². The van der Waals surface area contributed by atoms with E-state index >= 15 is 0 Å². The highest BCUT2D eigenvalue weighted by atomic mass is 32.2. The average Bonchev–Trinajstić information content (AvgIpc) is 2.98. The van der Waals surface area contributed by atoms with Crippen LogP contribution in [0.5, 0.6) is 0 Å². The lowest BCUT2D eigenvalue weighted by Gasteiger charge is -2.22. The first-order chi connectivity index (χ1) is 14.9. The fourth-order valence-corrected chi connectivity index (χ4v) is 5.24. The van der Waals surface area contributed by atoms with Crippen LogP contribution in [0.3, 0.4) is 0 Å². The Balaban J connectivity index is 1.54. The van der Waals surface area contributed by atoms with Gasteiger partial charge in [-0.25, -0.2) is 8.42 Å². The quantitative estimate of drug-likeness (QED) is 0.621. The maximum absolute atomic E-state index is 13.4. The first-order valence-electron chi connectivity index (χ1n) is 10.3. The number of hydrogen-bond acceptors (Lipinski definition) is 5. The number of aryl methyl sites for hydroxylation is 2. The Bertz CT molecular complexity index is 1170. The molecule has 1 aliphatic heterocycles. The van der Waals surface area contributed by atoms with Crippen LogP contribution in [-0.2, 0) is 10.0 Å². The third-order valence-electron chi connectivity index (χ3n) is 5.52. The van der Waals surface area contributed by atoms with Crippen molar-refractivity contribution in [2.45, 2.75) is 25.2 Å². The number of aromatic nitrogens is 1. The van der Waals surface area contributed by atoms with Crippen molar-refractivity contribution in [3.8, 4) is 11.3 Å². The van der Waals surface area contributed by atoms with Crippen LogP contribution >= 0.6 is 0 Å². The summed E-state index contributed by atoms with van der Waals surface area (Å²) >= 11 is 0. The van der Waals surface area contributed by atoms with Gasteiger partial charge in [-0.1, -0.05) is 53.2 Å². The molecular formula is C23H25N3O4S. The minimum absolute atomic E-state index is 0.188. The molecule has 0 aliphatic carbocycles. The number of sulfonamides is 1. The maximum atomic E-state index is 13.4.